The number of thiophene rings is 1. The van der Waals surface area contributed by atoms with E-state index in [1.54, 1.807) is 17.4 Å². The summed E-state index contributed by atoms with van der Waals surface area (Å²) in [4.78, 5) is 37.0. The van der Waals surface area contributed by atoms with Crippen molar-refractivity contribution in [1.29, 1.82) is 0 Å². The molecule has 2 atom stereocenters. The van der Waals surface area contributed by atoms with Gasteiger partial charge in [-0.15, -0.1) is 11.3 Å². The monoisotopic (exact) mass is 402 g/mol. The summed E-state index contributed by atoms with van der Waals surface area (Å²) in [6.45, 7) is 0. The van der Waals surface area contributed by atoms with Crippen LogP contribution in [0.4, 0.5) is 5.69 Å². The Morgan fingerprint density at radius 2 is 2.00 bits per heavy atom. The molecule has 1 aromatic heterocycles. The quantitative estimate of drug-likeness (QED) is 0.611. The number of ketones is 1. The third-order valence-electron chi connectivity index (χ3n) is 5.05. The van der Waals surface area contributed by atoms with Gasteiger partial charge >= 0.3 is 0 Å². The van der Waals surface area contributed by atoms with Crippen molar-refractivity contribution < 1.29 is 14.5 Å². The Morgan fingerprint density at radius 3 is 2.70 bits per heavy atom. The predicted octanol–water partition coefficient (Wildman–Crippen LogP) is 4.31. The van der Waals surface area contributed by atoms with Gasteiger partial charge in [-0.1, -0.05) is 23.7 Å². The third kappa shape index (κ3) is 3.28. The van der Waals surface area contributed by atoms with E-state index in [4.69, 9.17) is 11.6 Å². The minimum Gasteiger partial charge on any atom is -0.329 e. The van der Waals surface area contributed by atoms with E-state index >= 15 is 0 Å². The van der Waals surface area contributed by atoms with Crippen molar-refractivity contribution in [2.75, 3.05) is 0 Å². The molecule has 2 aromatic rings. The summed E-state index contributed by atoms with van der Waals surface area (Å²) in [5, 5.41) is 16.1. The number of carbonyl (C=O) groups excluding carboxylic acids is 2. The zero-order valence-electron chi connectivity index (χ0n) is 14.1. The number of halogens is 1. The molecule has 0 radical (unpaired) electrons. The molecule has 138 valence electrons. The van der Waals surface area contributed by atoms with Crippen molar-refractivity contribution in [3.05, 3.63) is 72.6 Å². The highest BCUT2D eigenvalue weighted by Gasteiger charge is 2.38. The Labute approximate surface area is 164 Å². The molecule has 0 saturated heterocycles. The van der Waals surface area contributed by atoms with Gasteiger partial charge in [-0.25, -0.2) is 0 Å². The number of rotatable bonds is 3. The molecular weight excluding hydrogens is 388 g/mol. The minimum absolute atomic E-state index is 0.0164. The third-order valence-corrected chi connectivity index (χ3v) is 6.41. The number of nitrogens with zero attached hydrogens (tertiary/aromatic N) is 1. The number of hydrogen-bond acceptors (Lipinski definition) is 5. The van der Waals surface area contributed by atoms with Gasteiger partial charge in [0.2, 0.25) is 5.91 Å². The van der Waals surface area contributed by atoms with E-state index in [9.17, 15) is 19.7 Å². The van der Waals surface area contributed by atoms with E-state index < -0.39 is 10.8 Å². The van der Waals surface area contributed by atoms with Crippen molar-refractivity contribution >= 4 is 40.3 Å². The number of Topliss-reactive ketones (excluding diaryl/α,β-unsaturated/α-hetero) is 1. The number of hydrogen-bond donors (Lipinski definition) is 1. The lowest BCUT2D eigenvalue weighted by Gasteiger charge is -2.34. The number of nitrogens with one attached hydrogen (secondary N) is 1. The van der Waals surface area contributed by atoms with Gasteiger partial charge in [0.05, 0.1) is 4.92 Å². The fourth-order valence-electron chi connectivity index (χ4n) is 3.86. The number of nitro benzene ring substituents is 1. The zero-order valence-corrected chi connectivity index (χ0v) is 15.7. The molecule has 2 heterocycles. The lowest BCUT2D eigenvalue weighted by molar-refractivity contribution is -0.384. The number of nitro groups is 1. The molecule has 0 bridgehead atoms. The second kappa shape index (κ2) is 6.90. The summed E-state index contributed by atoms with van der Waals surface area (Å²) in [6, 6.07) is 8.42. The first-order valence-corrected chi connectivity index (χ1v) is 9.73. The first kappa shape index (κ1) is 17.9. The fraction of sp³-hybridized carbons (Fsp3) is 0.263. The van der Waals surface area contributed by atoms with Crippen molar-refractivity contribution in [2.45, 2.75) is 31.1 Å². The first-order valence-electron chi connectivity index (χ1n) is 8.47. The highest BCUT2D eigenvalue weighted by molar-refractivity contribution is 7.10. The molecule has 1 N–H and O–H groups in total. The Morgan fingerprint density at radius 1 is 1.19 bits per heavy atom. The maximum absolute atomic E-state index is 12.9. The molecule has 1 aromatic carbocycles. The van der Waals surface area contributed by atoms with Crippen molar-refractivity contribution in [3.63, 3.8) is 0 Å². The van der Waals surface area contributed by atoms with Crippen LogP contribution < -0.4 is 5.32 Å². The molecule has 27 heavy (non-hydrogen) atoms. The number of amides is 1. The van der Waals surface area contributed by atoms with Gasteiger partial charge < -0.3 is 5.32 Å². The number of carbonyl (C=O) groups is 2. The maximum Gasteiger partial charge on any atom is 0.288 e. The molecule has 1 aliphatic heterocycles. The Bertz CT molecular complexity index is 984. The highest BCUT2D eigenvalue weighted by Crippen LogP contribution is 2.44. The smallest absolute Gasteiger partial charge is 0.288 e. The van der Waals surface area contributed by atoms with Crippen LogP contribution in [0, 0.1) is 10.1 Å². The lowest BCUT2D eigenvalue weighted by atomic mass is 9.74. The van der Waals surface area contributed by atoms with Crippen LogP contribution in [0.5, 0.6) is 0 Å². The van der Waals surface area contributed by atoms with Gasteiger partial charge in [0, 0.05) is 46.9 Å². The van der Waals surface area contributed by atoms with Crippen molar-refractivity contribution in [1.82, 2.24) is 5.32 Å². The summed E-state index contributed by atoms with van der Waals surface area (Å²) >= 11 is 7.50. The van der Waals surface area contributed by atoms with Gasteiger partial charge in [-0.2, -0.15) is 0 Å². The molecule has 2 aliphatic rings. The number of allylic oxidation sites excluding steroid dienone is 2. The van der Waals surface area contributed by atoms with Crippen LogP contribution in [0.25, 0.3) is 0 Å². The summed E-state index contributed by atoms with van der Waals surface area (Å²) < 4.78 is 0. The van der Waals surface area contributed by atoms with Gasteiger partial charge in [0.1, 0.15) is 5.02 Å². The van der Waals surface area contributed by atoms with Gasteiger partial charge in [0.25, 0.3) is 5.69 Å². The topological polar surface area (TPSA) is 89.3 Å². The minimum atomic E-state index is -0.556. The summed E-state index contributed by atoms with van der Waals surface area (Å²) in [5.74, 6) is -0.635. The average Bonchev–Trinajstić information content (AvgIpc) is 3.15. The van der Waals surface area contributed by atoms with E-state index in [1.807, 2.05) is 17.5 Å². The van der Waals surface area contributed by atoms with Crippen LogP contribution >= 0.6 is 22.9 Å². The summed E-state index contributed by atoms with van der Waals surface area (Å²) in [6.07, 6.45) is 1.05. The Hall–Kier alpha value is -2.51. The second-order valence-corrected chi connectivity index (χ2v) is 8.10. The summed E-state index contributed by atoms with van der Waals surface area (Å²) in [7, 11) is 0. The first-order chi connectivity index (χ1) is 12.9. The SMILES string of the molecule is O=C1C[C@H](c2ccc(Cl)c([N+](=O)[O-])c2)C2=C(C[C@@H](c3cccs3)CC2=O)N1. The maximum atomic E-state index is 12.9. The normalized spacial score (nSPS) is 22.4. The van der Waals surface area contributed by atoms with E-state index in [0.717, 1.165) is 4.88 Å². The average molecular weight is 403 g/mol. The van der Waals surface area contributed by atoms with Gasteiger partial charge in [-0.3, -0.25) is 19.7 Å². The van der Waals surface area contributed by atoms with Crippen LogP contribution in [-0.2, 0) is 9.59 Å². The Balaban J connectivity index is 1.75. The van der Waals surface area contributed by atoms with Crippen LogP contribution in [0.15, 0.2) is 47.0 Å². The van der Waals surface area contributed by atoms with E-state index in [-0.39, 0.29) is 34.7 Å². The van der Waals surface area contributed by atoms with Gasteiger partial charge in [0.15, 0.2) is 5.78 Å². The predicted molar refractivity (Wildman–Crippen MR) is 102 cm³/mol. The van der Waals surface area contributed by atoms with Crippen LogP contribution in [0.3, 0.4) is 0 Å². The largest absolute Gasteiger partial charge is 0.329 e. The molecule has 0 fully saturated rings. The lowest BCUT2D eigenvalue weighted by Crippen LogP contribution is -2.38. The molecule has 8 heteroatoms. The van der Waals surface area contributed by atoms with E-state index in [0.29, 0.717) is 29.7 Å². The van der Waals surface area contributed by atoms with Gasteiger partial charge in [-0.05, 0) is 29.5 Å². The van der Waals surface area contributed by atoms with Crippen LogP contribution in [-0.4, -0.2) is 16.6 Å². The second-order valence-electron chi connectivity index (χ2n) is 6.71. The standard InChI is InChI=1S/C19H15ClN2O4S/c20-13-4-3-10(7-15(13)22(25)26)12-9-18(24)21-14-6-11(8-16(23)19(12)14)17-2-1-5-27-17/h1-5,7,11-12H,6,8-9H2,(H,21,24)/t11-,12-/m1/s1. The molecule has 1 amide bonds. The Kier molecular flexibility index (Phi) is 4.57. The molecule has 6 nitrogen and oxygen atoms in total. The van der Waals surface area contributed by atoms with Crippen molar-refractivity contribution in [3.8, 4) is 0 Å². The summed E-state index contributed by atoms with van der Waals surface area (Å²) in [5.41, 5.74) is 1.56. The molecule has 0 saturated carbocycles. The van der Waals surface area contributed by atoms with Crippen LogP contribution in [0.1, 0.15) is 41.5 Å². The highest BCUT2D eigenvalue weighted by atomic mass is 35.5. The molecular formula is C19H15ClN2O4S. The fourth-order valence-corrected chi connectivity index (χ4v) is 4.87. The molecule has 0 spiro atoms. The molecule has 4 rings (SSSR count). The number of benzene rings is 1. The van der Waals surface area contributed by atoms with Crippen LogP contribution in [0.2, 0.25) is 5.02 Å². The van der Waals surface area contributed by atoms with Crippen molar-refractivity contribution in [2.24, 2.45) is 0 Å². The van der Waals surface area contributed by atoms with E-state index in [2.05, 4.69) is 5.32 Å². The van der Waals surface area contributed by atoms with E-state index in [1.165, 1.54) is 12.1 Å². The molecule has 0 unspecified atom stereocenters. The zero-order chi connectivity index (χ0) is 19.1. The molecule has 1 aliphatic carbocycles.